The van der Waals surface area contributed by atoms with E-state index in [4.69, 9.17) is 14.2 Å². The van der Waals surface area contributed by atoms with Gasteiger partial charge >= 0.3 is 17.9 Å². The van der Waals surface area contributed by atoms with Crippen LogP contribution >= 0.6 is 0 Å². The van der Waals surface area contributed by atoms with E-state index >= 15 is 0 Å². The molecule has 9 nitrogen and oxygen atoms in total. The lowest BCUT2D eigenvalue weighted by Crippen LogP contribution is -2.07. The molecule has 0 amide bonds. The Balaban J connectivity index is 1.93. The number of pyridine rings is 3. The summed E-state index contributed by atoms with van der Waals surface area (Å²) in [5, 5.41) is 0. The Bertz CT molecular complexity index is 1060. The van der Waals surface area contributed by atoms with Gasteiger partial charge in [0.2, 0.25) is 0 Å². The van der Waals surface area contributed by atoms with Crippen molar-refractivity contribution < 1.29 is 28.6 Å². The number of carbonyl (C=O) groups is 3. The minimum absolute atomic E-state index is 0.119. The highest BCUT2D eigenvalue weighted by Crippen LogP contribution is 2.24. The molecule has 0 atom stereocenters. The van der Waals surface area contributed by atoms with Gasteiger partial charge in [-0.3, -0.25) is 19.6 Å². The summed E-state index contributed by atoms with van der Waals surface area (Å²) in [5.41, 5.74) is 3.73. The molecule has 0 aliphatic heterocycles. The number of hydrogen-bond acceptors (Lipinski definition) is 9. The van der Waals surface area contributed by atoms with Crippen LogP contribution < -0.4 is 0 Å². The maximum absolute atomic E-state index is 12.4. The van der Waals surface area contributed by atoms with Crippen LogP contribution in [0.1, 0.15) is 42.3 Å². The van der Waals surface area contributed by atoms with Gasteiger partial charge in [0.05, 0.1) is 34.9 Å². The van der Waals surface area contributed by atoms with Crippen LogP contribution in [0.25, 0.3) is 22.8 Å². The lowest BCUT2D eigenvalue weighted by atomic mass is 10.1. The number of aromatic nitrogens is 3. The van der Waals surface area contributed by atoms with E-state index < -0.39 is 5.97 Å². The summed E-state index contributed by atoms with van der Waals surface area (Å²) in [7, 11) is 0. The number of rotatable bonds is 8. The van der Waals surface area contributed by atoms with Crippen LogP contribution in [0.4, 0.5) is 0 Å². The molecule has 170 valence electrons. The van der Waals surface area contributed by atoms with Gasteiger partial charge in [-0.15, -0.1) is 0 Å². The molecule has 0 spiro atoms. The van der Waals surface area contributed by atoms with E-state index in [1.807, 2.05) is 0 Å². The quantitative estimate of drug-likeness (QED) is 0.376. The third-order valence-corrected chi connectivity index (χ3v) is 4.40. The zero-order valence-electron chi connectivity index (χ0n) is 18.5. The van der Waals surface area contributed by atoms with Crippen LogP contribution in [-0.4, -0.2) is 39.5 Å². The molecule has 0 bridgehead atoms. The molecule has 0 radical (unpaired) electrons. The van der Waals surface area contributed by atoms with E-state index in [2.05, 4.69) is 15.0 Å². The highest BCUT2D eigenvalue weighted by atomic mass is 16.5. The van der Waals surface area contributed by atoms with Crippen molar-refractivity contribution in [2.45, 2.75) is 34.0 Å². The Morgan fingerprint density at radius 2 is 1.21 bits per heavy atom. The molecule has 33 heavy (non-hydrogen) atoms. The van der Waals surface area contributed by atoms with Crippen molar-refractivity contribution in [2.24, 2.45) is 0 Å². The second kappa shape index (κ2) is 10.9. The maximum Gasteiger partial charge on any atom is 0.338 e. The highest BCUT2D eigenvalue weighted by molar-refractivity contribution is 5.91. The van der Waals surface area contributed by atoms with Crippen LogP contribution in [-0.2, 0) is 37.0 Å². The Hall–Kier alpha value is -4.14. The Kier molecular flexibility index (Phi) is 7.80. The Morgan fingerprint density at radius 3 is 1.58 bits per heavy atom. The molecular formula is C24H23N3O6. The van der Waals surface area contributed by atoms with E-state index in [0.717, 1.165) is 11.1 Å². The second-order valence-electron chi connectivity index (χ2n) is 7.01. The van der Waals surface area contributed by atoms with Gasteiger partial charge in [-0.05, 0) is 31.2 Å². The number of hydrogen-bond donors (Lipinski definition) is 0. The molecule has 3 aromatic heterocycles. The maximum atomic E-state index is 12.4. The largest absolute Gasteiger partial charge is 0.462 e. The molecule has 3 aromatic rings. The van der Waals surface area contributed by atoms with Crippen molar-refractivity contribution in [3.63, 3.8) is 0 Å². The van der Waals surface area contributed by atoms with E-state index in [0.29, 0.717) is 28.3 Å². The molecule has 0 saturated carbocycles. The highest BCUT2D eigenvalue weighted by Gasteiger charge is 2.15. The van der Waals surface area contributed by atoms with Crippen LogP contribution in [0, 0.1) is 0 Å². The molecule has 0 saturated heterocycles. The van der Waals surface area contributed by atoms with E-state index in [9.17, 15) is 14.4 Å². The molecule has 0 N–H and O–H groups in total. The lowest BCUT2D eigenvalue weighted by molar-refractivity contribution is -0.143. The first-order chi connectivity index (χ1) is 15.9. The normalized spacial score (nSPS) is 10.4. The summed E-state index contributed by atoms with van der Waals surface area (Å²) < 4.78 is 15.1. The Morgan fingerprint density at radius 1 is 0.727 bits per heavy atom. The fraction of sp³-hybridized carbons (Fsp3) is 0.250. The van der Waals surface area contributed by atoms with Gasteiger partial charge < -0.3 is 14.2 Å². The first-order valence-electron chi connectivity index (χ1n) is 10.2. The van der Waals surface area contributed by atoms with Crippen molar-refractivity contribution in [3.05, 3.63) is 65.5 Å². The predicted octanol–water partition coefficient (Wildman–Crippen LogP) is 3.51. The number of ether oxygens (including phenoxy) is 3. The van der Waals surface area contributed by atoms with Gasteiger partial charge in [0.15, 0.2) is 0 Å². The summed E-state index contributed by atoms with van der Waals surface area (Å²) >= 11 is 0. The first-order valence-corrected chi connectivity index (χ1v) is 10.2. The molecule has 0 fully saturated rings. The van der Waals surface area contributed by atoms with Crippen molar-refractivity contribution in [1.29, 1.82) is 0 Å². The number of carbonyl (C=O) groups excluding carboxylic acids is 3. The molecule has 0 unspecified atom stereocenters. The molecule has 0 aromatic carbocycles. The van der Waals surface area contributed by atoms with E-state index in [1.165, 1.54) is 13.8 Å². The topological polar surface area (TPSA) is 118 Å². The molecular weight excluding hydrogens is 426 g/mol. The van der Waals surface area contributed by atoms with Crippen molar-refractivity contribution in [3.8, 4) is 22.8 Å². The SMILES string of the molecule is CCOC(=O)c1cc(-c2ccc(COC(C)=O)cn2)nc(-c2ccc(COC(C)=O)cn2)c1. The smallest absolute Gasteiger partial charge is 0.338 e. The third-order valence-electron chi connectivity index (χ3n) is 4.40. The Labute approximate surface area is 190 Å². The van der Waals surface area contributed by atoms with Gasteiger partial charge in [-0.2, -0.15) is 0 Å². The summed E-state index contributed by atoms with van der Waals surface area (Å²) in [6, 6.07) is 10.2. The minimum Gasteiger partial charge on any atom is -0.462 e. The fourth-order valence-electron chi connectivity index (χ4n) is 2.82. The van der Waals surface area contributed by atoms with Gasteiger partial charge in [0.1, 0.15) is 13.2 Å². The lowest BCUT2D eigenvalue weighted by Gasteiger charge is -2.10. The average Bonchev–Trinajstić information content (AvgIpc) is 2.82. The van der Waals surface area contributed by atoms with Crippen LogP contribution in [0.2, 0.25) is 0 Å². The minimum atomic E-state index is -0.486. The van der Waals surface area contributed by atoms with Crippen molar-refractivity contribution in [2.75, 3.05) is 6.61 Å². The van der Waals surface area contributed by atoms with Crippen LogP contribution in [0.3, 0.4) is 0 Å². The standard InChI is InChI=1S/C24H23N3O6/c1-4-31-24(30)19-9-22(20-7-5-17(11-25-20)13-32-15(2)28)27-23(10-19)21-8-6-18(12-26-21)14-33-16(3)29/h5-12H,4,13-14H2,1-3H3. The summed E-state index contributed by atoms with van der Waals surface area (Å²) in [6.07, 6.45) is 3.16. The molecule has 3 heterocycles. The van der Waals surface area contributed by atoms with E-state index in [-0.39, 0.29) is 31.8 Å². The van der Waals surface area contributed by atoms with Crippen LogP contribution in [0.15, 0.2) is 48.8 Å². The first kappa shape index (κ1) is 23.5. The van der Waals surface area contributed by atoms with Gasteiger partial charge in [0, 0.05) is 37.4 Å². The fourth-order valence-corrected chi connectivity index (χ4v) is 2.82. The number of esters is 3. The second-order valence-corrected chi connectivity index (χ2v) is 7.01. The van der Waals surface area contributed by atoms with Crippen LogP contribution in [0.5, 0.6) is 0 Å². The predicted molar refractivity (Wildman–Crippen MR) is 118 cm³/mol. The monoisotopic (exact) mass is 449 g/mol. The molecule has 3 rings (SSSR count). The zero-order valence-corrected chi connectivity index (χ0v) is 18.5. The summed E-state index contributed by atoms with van der Waals surface area (Å²) in [6.45, 7) is 4.88. The zero-order chi connectivity index (χ0) is 23.8. The van der Waals surface area contributed by atoms with Gasteiger partial charge in [0.25, 0.3) is 0 Å². The summed E-state index contributed by atoms with van der Waals surface area (Å²) in [5.74, 6) is -1.24. The van der Waals surface area contributed by atoms with Gasteiger partial charge in [-0.1, -0.05) is 12.1 Å². The average molecular weight is 449 g/mol. The molecule has 0 aliphatic carbocycles. The van der Waals surface area contributed by atoms with Crippen molar-refractivity contribution >= 4 is 17.9 Å². The number of nitrogens with zero attached hydrogens (tertiary/aromatic N) is 3. The van der Waals surface area contributed by atoms with Gasteiger partial charge in [-0.25, -0.2) is 9.78 Å². The van der Waals surface area contributed by atoms with E-state index in [1.54, 1.807) is 55.7 Å². The molecule has 0 aliphatic rings. The van der Waals surface area contributed by atoms with Crippen molar-refractivity contribution in [1.82, 2.24) is 15.0 Å². The third kappa shape index (κ3) is 6.67. The summed E-state index contributed by atoms with van der Waals surface area (Å²) in [4.78, 5) is 47.8. The molecule has 9 heteroatoms.